The number of nitrogens with zero attached hydrogens (tertiary/aromatic N) is 4. The number of pyridine rings is 1. The Labute approximate surface area is 168 Å². The van der Waals surface area contributed by atoms with Gasteiger partial charge < -0.3 is 16.0 Å². The number of nitrogen functional groups attached to an aromatic ring is 1. The lowest BCUT2D eigenvalue weighted by atomic mass is 9.77. The van der Waals surface area contributed by atoms with Crippen molar-refractivity contribution in [2.45, 2.75) is 32.1 Å². The lowest BCUT2D eigenvalue weighted by Crippen LogP contribution is -2.41. The van der Waals surface area contributed by atoms with E-state index in [1.165, 1.54) is 11.3 Å². The summed E-state index contributed by atoms with van der Waals surface area (Å²) in [6.45, 7) is 6.09. The van der Waals surface area contributed by atoms with Gasteiger partial charge >= 0.3 is 0 Å². The van der Waals surface area contributed by atoms with Crippen molar-refractivity contribution in [3.63, 3.8) is 0 Å². The van der Waals surface area contributed by atoms with Gasteiger partial charge in [0, 0.05) is 48.4 Å². The summed E-state index contributed by atoms with van der Waals surface area (Å²) in [5, 5.41) is 3.49. The zero-order valence-corrected chi connectivity index (χ0v) is 17.1. The molecule has 1 amide bonds. The predicted octanol–water partition coefficient (Wildman–Crippen LogP) is 2.89. The minimum Gasteiger partial charge on any atom is -0.397 e. The molecule has 1 saturated heterocycles. The molecule has 28 heavy (non-hydrogen) atoms. The largest absolute Gasteiger partial charge is 0.397 e. The minimum absolute atomic E-state index is 0.0152. The van der Waals surface area contributed by atoms with Crippen molar-refractivity contribution in [1.82, 2.24) is 20.3 Å². The number of carbonyl (C=O) groups is 1. The number of thiophene rings is 1. The normalized spacial score (nSPS) is 16.3. The van der Waals surface area contributed by atoms with Crippen LogP contribution in [-0.4, -0.2) is 41.0 Å². The number of anilines is 2. The van der Waals surface area contributed by atoms with Crippen LogP contribution in [0.5, 0.6) is 0 Å². The molecular formula is C20H24N6OS. The number of hydrogen-bond donors (Lipinski definition) is 2. The number of aromatic nitrogens is 3. The van der Waals surface area contributed by atoms with Gasteiger partial charge in [-0.3, -0.25) is 4.79 Å². The van der Waals surface area contributed by atoms with E-state index in [1.807, 2.05) is 19.1 Å². The maximum Gasteiger partial charge on any atom is 0.263 e. The van der Waals surface area contributed by atoms with E-state index in [-0.39, 0.29) is 11.3 Å². The average Bonchev–Trinajstić information content (AvgIpc) is 3.04. The molecule has 3 aromatic heterocycles. The molecule has 1 aliphatic heterocycles. The Morgan fingerprint density at radius 2 is 2.04 bits per heavy atom. The molecule has 0 aromatic carbocycles. The van der Waals surface area contributed by atoms with E-state index in [9.17, 15) is 4.79 Å². The van der Waals surface area contributed by atoms with Gasteiger partial charge in [0.15, 0.2) is 0 Å². The van der Waals surface area contributed by atoms with Crippen molar-refractivity contribution < 1.29 is 4.79 Å². The quantitative estimate of drug-likeness (QED) is 0.707. The highest BCUT2D eigenvalue weighted by Crippen LogP contribution is 2.38. The molecule has 0 unspecified atom stereocenters. The Hall–Kier alpha value is -2.74. The van der Waals surface area contributed by atoms with Gasteiger partial charge in [0.1, 0.15) is 21.9 Å². The molecule has 1 aliphatic rings. The number of fused-ring (bicyclic) bond motifs is 1. The first-order valence-corrected chi connectivity index (χ1v) is 10.2. The van der Waals surface area contributed by atoms with Crippen LogP contribution in [0.3, 0.4) is 0 Å². The first kappa shape index (κ1) is 18.6. The Morgan fingerprint density at radius 1 is 1.29 bits per heavy atom. The van der Waals surface area contributed by atoms with Crippen molar-refractivity contribution in [1.29, 1.82) is 0 Å². The third kappa shape index (κ3) is 3.17. The molecule has 4 heterocycles. The fourth-order valence-electron chi connectivity index (χ4n) is 3.71. The third-order valence-electron chi connectivity index (χ3n) is 5.63. The van der Waals surface area contributed by atoms with Crippen LogP contribution < -0.4 is 16.0 Å². The summed E-state index contributed by atoms with van der Waals surface area (Å²) >= 11 is 1.36. The fourth-order valence-corrected chi connectivity index (χ4v) is 4.75. The topological polar surface area (TPSA) is 97.0 Å². The van der Waals surface area contributed by atoms with Crippen LogP contribution in [0, 0.1) is 6.92 Å². The van der Waals surface area contributed by atoms with Gasteiger partial charge in [0.2, 0.25) is 0 Å². The number of piperidine rings is 1. The highest BCUT2D eigenvalue weighted by molar-refractivity contribution is 7.21. The van der Waals surface area contributed by atoms with E-state index in [0.717, 1.165) is 53.4 Å². The van der Waals surface area contributed by atoms with Gasteiger partial charge in [-0.1, -0.05) is 6.92 Å². The molecule has 8 heteroatoms. The number of hydrogen-bond acceptors (Lipinski definition) is 7. The van der Waals surface area contributed by atoms with E-state index >= 15 is 0 Å². The number of rotatable bonds is 3. The van der Waals surface area contributed by atoms with Crippen LogP contribution in [0.2, 0.25) is 0 Å². The zero-order chi connectivity index (χ0) is 19.9. The highest BCUT2D eigenvalue weighted by Gasteiger charge is 2.34. The Morgan fingerprint density at radius 3 is 2.71 bits per heavy atom. The van der Waals surface area contributed by atoms with Crippen LogP contribution in [0.4, 0.5) is 11.5 Å². The van der Waals surface area contributed by atoms with Crippen LogP contribution in [-0.2, 0) is 5.41 Å². The summed E-state index contributed by atoms with van der Waals surface area (Å²) in [4.78, 5) is 29.2. The van der Waals surface area contributed by atoms with Gasteiger partial charge in [-0.05, 0) is 31.9 Å². The molecular weight excluding hydrogens is 372 g/mol. The molecule has 0 atom stereocenters. The summed E-state index contributed by atoms with van der Waals surface area (Å²) in [5.74, 6) is 0.820. The average molecular weight is 397 g/mol. The van der Waals surface area contributed by atoms with Gasteiger partial charge in [0.05, 0.1) is 5.69 Å². The van der Waals surface area contributed by atoms with Crippen LogP contribution in [0.25, 0.3) is 10.2 Å². The van der Waals surface area contributed by atoms with Crippen molar-refractivity contribution in [3.8, 4) is 0 Å². The molecule has 0 bridgehead atoms. The first-order chi connectivity index (χ1) is 13.4. The third-order valence-corrected chi connectivity index (χ3v) is 6.74. The summed E-state index contributed by atoms with van der Waals surface area (Å²) in [6.07, 6.45) is 3.59. The van der Waals surface area contributed by atoms with Crippen LogP contribution >= 0.6 is 11.3 Å². The van der Waals surface area contributed by atoms with Crippen molar-refractivity contribution in [2.75, 3.05) is 30.8 Å². The van der Waals surface area contributed by atoms with E-state index in [0.29, 0.717) is 10.6 Å². The second-order valence-electron chi connectivity index (χ2n) is 7.54. The molecule has 1 fully saturated rings. The monoisotopic (exact) mass is 396 g/mol. The minimum atomic E-state index is -0.165. The van der Waals surface area contributed by atoms with Crippen molar-refractivity contribution in [2.24, 2.45) is 0 Å². The van der Waals surface area contributed by atoms with Gasteiger partial charge in [-0.25, -0.2) is 15.0 Å². The molecule has 146 valence electrons. The molecule has 3 aromatic rings. The van der Waals surface area contributed by atoms with Gasteiger partial charge in [0.25, 0.3) is 5.91 Å². The summed E-state index contributed by atoms with van der Waals surface area (Å²) < 4.78 is 0. The SMILES string of the molecule is CNC(=O)c1sc2nc(C3(C)CCN(c4cc(C)ncn4)CC3)ccc2c1N. The van der Waals surface area contributed by atoms with E-state index in [1.54, 1.807) is 13.4 Å². The maximum atomic E-state index is 12.0. The molecule has 0 aliphatic carbocycles. The predicted molar refractivity (Wildman–Crippen MR) is 113 cm³/mol. The Bertz CT molecular complexity index is 1040. The molecule has 0 saturated carbocycles. The second-order valence-corrected chi connectivity index (χ2v) is 8.54. The van der Waals surface area contributed by atoms with E-state index in [4.69, 9.17) is 10.7 Å². The van der Waals surface area contributed by atoms with Crippen LogP contribution in [0.15, 0.2) is 24.5 Å². The van der Waals surface area contributed by atoms with Crippen molar-refractivity contribution >= 4 is 39.0 Å². The number of amides is 1. The lowest BCUT2D eigenvalue weighted by Gasteiger charge is -2.39. The molecule has 4 rings (SSSR count). The maximum absolute atomic E-state index is 12.0. The standard InChI is InChI=1S/C20H24N6OS/c1-12-10-15(24-11-23-12)26-8-6-20(2,7-9-26)14-5-4-13-16(21)17(18(27)22-3)28-19(13)25-14/h4-5,10-11H,6-9,21H2,1-3H3,(H,22,27). The summed E-state index contributed by atoms with van der Waals surface area (Å²) in [5.41, 5.74) is 8.70. The van der Waals surface area contributed by atoms with Crippen molar-refractivity contribution in [3.05, 3.63) is 40.8 Å². The number of carbonyl (C=O) groups excluding carboxylic acids is 1. The van der Waals surface area contributed by atoms with Crippen LogP contribution in [0.1, 0.15) is 40.8 Å². The highest BCUT2D eigenvalue weighted by atomic mass is 32.1. The van der Waals surface area contributed by atoms with Gasteiger partial charge in [-0.2, -0.15) is 0 Å². The smallest absolute Gasteiger partial charge is 0.263 e. The first-order valence-electron chi connectivity index (χ1n) is 9.36. The van der Waals surface area contributed by atoms with Gasteiger partial charge in [-0.15, -0.1) is 11.3 Å². The molecule has 7 nitrogen and oxygen atoms in total. The molecule has 0 spiro atoms. The fraction of sp³-hybridized carbons (Fsp3) is 0.400. The Balaban J connectivity index is 1.58. The number of nitrogens with two attached hydrogens (primary N) is 1. The zero-order valence-electron chi connectivity index (χ0n) is 16.3. The van der Waals surface area contributed by atoms with E-state index in [2.05, 4.69) is 33.2 Å². The molecule has 3 N–H and O–H groups in total. The lowest BCUT2D eigenvalue weighted by molar-refractivity contribution is 0.0968. The second kappa shape index (κ2) is 7.01. The molecule has 0 radical (unpaired) electrons. The number of aryl methyl sites for hydroxylation is 1. The number of nitrogens with one attached hydrogen (secondary N) is 1. The summed E-state index contributed by atoms with van der Waals surface area (Å²) in [6, 6.07) is 6.09. The van der Waals surface area contributed by atoms with E-state index < -0.39 is 0 Å². The summed E-state index contributed by atoms with van der Waals surface area (Å²) in [7, 11) is 1.61. The Kier molecular flexibility index (Phi) is 4.66.